The summed E-state index contributed by atoms with van der Waals surface area (Å²) in [5.74, 6) is 0.0251. The Kier molecular flexibility index (Phi) is 3.13. The molecular weight excluding hydrogens is 269 g/mol. The van der Waals surface area contributed by atoms with Gasteiger partial charge in [-0.3, -0.25) is 4.79 Å². The highest BCUT2D eigenvalue weighted by atomic mass is 35.5. The van der Waals surface area contributed by atoms with Gasteiger partial charge in [-0.05, 0) is 37.5 Å². The molecule has 0 aromatic heterocycles. The van der Waals surface area contributed by atoms with Gasteiger partial charge in [0.2, 0.25) is 5.91 Å². The van der Waals surface area contributed by atoms with Gasteiger partial charge in [0.15, 0.2) is 0 Å². The van der Waals surface area contributed by atoms with E-state index in [9.17, 15) is 9.18 Å². The Bertz CT molecular complexity index is 516. The van der Waals surface area contributed by atoms with Crippen LogP contribution in [0.3, 0.4) is 0 Å². The summed E-state index contributed by atoms with van der Waals surface area (Å²) in [7, 11) is 0. The number of nitrogens with one attached hydrogen (secondary N) is 1. The molecule has 1 saturated carbocycles. The van der Waals surface area contributed by atoms with Gasteiger partial charge in [0, 0.05) is 12.0 Å². The lowest BCUT2D eigenvalue weighted by molar-refractivity contribution is -0.120. The van der Waals surface area contributed by atoms with E-state index in [2.05, 4.69) is 5.32 Å². The van der Waals surface area contributed by atoms with Crippen LogP contribution in [0.1, 0.15) is 37.3 Å². The zero-order valence-corrected chi connectivity index (χ0v) is 11.2. The van der Waals surface area contributed by atoms with Gasteiger partial charge in [-0.2, -0.15) is 0 Å². The van der Waals surface area contributed by atoms with Crippen LogP contribution in [-0.2, 0) is 4.79 Å². The van der Waals surface area contributed by atoms with Crippen molar-refractivity contribution in [2.24, 2.45) is 0 Å². The number of carbonyl (C=O) groups excluding carboxylic acids is 1. The average Bonchev–Trinajstić information content (AvgIpc) is 2.37. The second-order valence-electron chi connectivity index (χ2n) is 5.28. The fraction of sp³-hybridized carbons (Fsp3) is 0.500. The zero-order chi connectivity index (χ0) is 13.5. The molecule has 19 heavy (non-hydrogen) atoms. The van der Waals surface area contributed by atoms with Crippen LogP contribution in [0.25, 0.3) is 0 Å². The third-order valence-electron chi connectivity index (χ3n) is 3.97. The summed E-state index contributed by atoms with van der Waals surface area (Å²) >= 11 is 5.53. The Morgan fingerprint density at radius 1 is 1.53 bits per heavy atom. The highest BCUT2D eigenvalue weighted by Crippen LogP contribution is 2.48. The number of carbonyl (C=O) groups is 1. The third-order valence-corrected chi connectivity index (χ3v) is 4.21. The molecular formula is C14H15ClFNO2. The quantitative estimate of drug-likeness (QED) is 0.848. The lowest BCUT2D eigenvalue weighted by Gasteiger charge is -2.48. The standard InChI is InChI=1S/C14H15ClFNO2/c15-8-13(18)17-11-7-14(4-1-5-14)19-12-3-2-9(16)6-10(11)12/h2-3,6,11H,1,4-5,7-8H2,(H,17,18)/t11-/m1/s1. The van der Waals surface area contributed by atoms with Crippen molar-refractivity contribution in [3.05, 3.63) is 29.6 Å². The van der Waals surface area contributed by atoms with E-state index in [1.54, 1.807) is 6.07 Å². The first kappa shape index (κ1) is 12.7. The first-order valence-corrected chi connectivity index (χ1v) is 6.99. The van der Waals surface area contributed by atoms with Crippen molar-refractivity contribution in [1.29, 1.82) is 0 Å². The van der Waals surface area contributed by atoms with Crippen molar-refractivity contribution in [3.8, 4) is 5.75 Å². The van der Waals surface area contributed by atoms with Crippen molar-refractivity contribution in [2.75, 3.05) is 5.88 Å². The first-order chi connectivity index (χ1) is 9.12. The van der Waals surface area contributed by atoms with Gasteiger partial charge in [0.05, 0.1) is 6.04 Å². The van der Waals surface area contributed by atoms with Gasteiger partial charge in [-0.25, -0.2) is 4.39 Å². The molecule has 1 fully saturated rings. The Morgan fingerprint density at radius 2 is 2.32 bits per heavy atom. The van der Waals surface area contributed by atoms with Crippen molar-refractivity contribution in [1.82, 2.24) is 5.32 Å². The lowest BCUT2D eigenvalue weighted by atomic mass is 9.73. The smallest absolute Gasteiger partial charge is 0.235 e. The van der Waals surface area contributed by atoms with Crippen molar-refractivity contribution < 1.29 is 13.9 Å². The van der Waals surface area contributed by atoms with E-state index < -0.39 is 0 Å². The molecule has 1 N–H and O–H groups in total. The molecule has 1 spiro atoms. The Hall–Kier alpha value is -1.29. The summed E-state index contributed by atoms with van der Waals surface area (Å²) in [5.41, 5.74) is 0.519. The highest BCUT2D eigenvalue weighted by Gasteiger charge is 2.45. The topological polar surface area (TPSA) is 38.3 Å². The monoisotopic (exact) mass is 283 g/mol. The Morgan fingerprint density at radius 3 is 2.95 bits per heavy atom. The number of amides is 1. The number of ether oxygens (including phenoxy) is 1. The van der Waals surface area contributed by atoms with Crippen LogP contribution < -0.4 is 10.1 Å². The van der Waals surface area contributed by atoms with E-state index in [1.165, 1.54) is 12.1 Å². The number of rotatable bonds is 2. The van der Waals surface area contributed by atoms with Crippen LogP contribution in [0.2, 0.25) is 0 Å². The predicted octanol–water partition coefficient (Wildman–Crippen LogP) is 2.93. The molecule has 0 unspecified atom stereocenters. The molecule has 1 heterocycles. The van der Waals surface area contributed by atoms with E-state index in [0.29, 0.717) is 17.7 Å². The normalized spacial score (nSPS) is 23.2. The molecule has 0 saturated heterocycles. The maximum Gasteiger partial charge on any atom is 0.235 e. The summed E-state index contributed by atoms with van der Waals surface area (Å²) in [5, 5.41) is 2.86. The van der Waals surface area contributed by atoms with Crippen LogP contribution >= 0.6 is 11.6 Å². The second-order valence-corrected chi connectivity index (χ2v) is 5.55. The van der Waals surface area contributed by atoms with Crippen LogP contribution in [0.15, 0.2) is 18.2 Å². The summed E-state index contributed by atoms with van der Waals surface area (Å²) in [6.07, 6.45) is 3.78. The number of alkyl halides is 1. The van der Waals surface area contributed by atoms with Crippen molar-refractivity contribution >= 4 is 17.5 Å². The fourth-order valence-electron chi connectivity index (χ4n) is 2.88. The molecule has 1 aromatic rings. The number of hydrogen-bond acceptors (Lipinski definition) is 2. The molecule has 1 amide bonds. The molecule has 3 nitrogen and oxygen atoms in total. The third kappa shape index (κ3) is 2.29. The lowest BCUT2D eigenvalue weighted by Crippen LogP contribution is -2.50. The van der Waals surface area contributed by atoms with Gasteiger partial charge >= 0.3 is 0 Å². The summed E-state index contributed by atoms with van der Waals surface area (Å²) in [4.78, 5) is 11.5. The molecule has 1 aromatic carbocycles. The van der Waals surface area contributed by atoms with Crippen LogP contribution in [0, 0.1) is 5.82 Å². The molecule has 5 heteroatoms. The fourth-order valence-corrected chi connectivity index (χ4v) is 2.96. The molecule has 1 aliphatic carbocycles. The van der Waals surface area contributed by atoms with Gasteiger partial charge < -0.3 is 10.1 Å². The minimum absolute atomic E-state index is 0.0883. The van der Waals surface area contributed by atoms with Crippen LogP contribution in [0.5, 0.6) is 5.75 Å². The van der Waals surface area contributed by atoms with Crippen molar-refractivity contribution in [2.45, 2.75) is 37.3 Å². The number of halogens is 2. The highest BCUT2D eigenvalue weighted by molar-refractivity contribution is 6.27. The zero-order valence-electron chi connectivity index (χ0n) is 10.4. The second kappa shape index (κ2) is 4.67. The summed E-state index contributed by atoms with van der Waals surface area (Å²) in [6.45, 7) is 0. The van der Waals surface area contributed by atoms with E-state index in [4.69, 9.17) is 16.3 Å². The molecule has 2 aliphatic rings. The van der Waals surface area contributed by atoms with Gasteiger partial charge in [0.1, 0.15) is 23.0 Å². The Labute approximate surface area is 116 Å². The molecule has 1 atom stereocenters. The van der Waals surface area contributed by atoms with E-state index in [1.807, 2.05) is 0 Å². The van der Waals surface area contributed by atoms with Crippen LogP contribution in [0.4, 0.5) is 4.39 Å². The van der Waals surface area contributed by atoms with E-state index in [0.717, 1.165) is 19.3 Å². The number of benzene rings is 1. The molecule has 1 aliphatic heterocycles. The van der Waals surface area contributed by atoms with Crippen LogP contribution in [-0.4, -0.2) is 17.4 Å². The number of hydrogen-bond donors (Lipinski definition) is 1. The maximum atomic E-state index is 13.4. The van der Waals surface area contributed by atoms with E-state index in [-0.39, 0.29) is 29.2 Å². The first-order valence-electron chi connectivity index (χ1n) is 6.46. The predicted molar refractivity (Wildman–Crippen MR) is 69.8 cm³/mol. The molecule has 102 valence electrons. The summed E-state index contributed by atoms with van der Waals surface area (Å²) < 4.78 is 19.4. The molecule has 0 radical (unpaired) electrons. The van der Waals surface area contributed by atoms with Gasteiger partial charge in [-0.1, -0.05) is 0 Å². The molecule has 3 rings (SSSR count). The molecule has 0 bridgehead atoms. The summed E-state index contributed by atoms with van der Waals surface area (Å²) in [6, 6.07) is 4.24. The average molecular weight is 284 g/mol. The SMILES string of the molecule is O=C(CCl)N[C@@H]1CC2(CCC2)Oc2ccc(F)cc21. The Balaban J connectivity index is 1.93. The van der Waals surface area contributed by atoms with E-state index >= 15 is 0 Å². The minimum atomic E-state index is -0.322. The minimum Gasteiger partial charge on any atom is -0.487 e. The number of fused-ring (bicyclic) bond motifs is 1. The van der Waals surface area contributed by atoms with Gasteiger partial charge in [-0.15, -0.1) is 11.6 Å². The largest absolute Gasteiger partial charge is 0.487 e. The maximum absolute atomic E-state index is 13.4. The van der Waals surface area contributed by atoms with Gasteiger partial charge in [0.25, 0.3) is 0 Å². The van der Waals surface area contributed by atoms with Crippen molar-refractivity contribution in [3.63, 3.8) is 0 Å².